The van der Waals surface area contributed by atoms with Crippen LogP contribution in [0, 0.1) is 11.8 Å². The van der Waals surface area contributed by atoms with Crippen molar-refractivity contribution in [3.05, 3.63) is 0 Å². The summed E-state index contributed by atoms with van der Waals surface area (Å²) in [6.45, 7) is 7.73. The highest BCUT2D eigenvalue weighted by atomic mass is 79.9. The smallest absolute Gasteiger partial charge is 0.0763 e. The lowest BCUT2D eigenvalue weighted by molar-refractivity contribution is 0.141. The number of nitrogens with zero attached hydrogens (tertiary/aromatic N) is 1. The van der Waals surface area contributed by atoms with Gasteiger partial charge in [-0.2, -0.15) is 0 Å². The third-order valence-electron chi connectivity index (χ3n) is 2.90. The molecule has 3 heteroatoms. The standard InChI is InChI=1S/C10H20BrNO/c1-8(2)9-3-4-12(6-9)7-10(13)5-11/h8-10,13H,3-7H2,1-2H3. The molecule has 1 heterocycles. The predicted molar refractivity (Wildman–Crippen MR) is 59.2 cm³/mol. The number of hydrogen-bond acceptors (Lipinski definition) is 2. The first-order valence-corrected chi connectivity index (χ1v) is 6.22. The van der Waals surface area contributed by atoms with Crippen LogP contribution in [0.4, 0.5) is 0 Å². The molecule has 1 rings (SSSR count). The van der Waals surface area contributed by atoms with Crippen LogP contribution >= 0.6 is 15.9 Å². The van der Waals surface area contributed by atoms with Crippen LogP contribution in [0.1, 0.15) is 20.3 Å². The minimum atomic E-state index is -0.203. The number of aliphatic hydroxyl groups is 1. The lowest BCUT2D eigenvalue weighted by atomic mass is 9.95. The quantitative estimate of drug-likeness (QED) is 0.768. The van der Waals surface area contributed by atoms with Gasteiger partial charge in [-0.05, 0) is 24.8 Å². The maximum Gasteiger partial charge on any atom is 0.0763 e. The number of rotatable bonds is 4. The predicted octanol–water partition coefficient (Wildman–Crippen LogP) is 1.72. The molecule has 0 aromatic carbocycles. The summed E-state index contributed by atoms with van der Waals surface area (Å²) in [5, 5.41) is 10.1. The van der Waals surface area contributed by atoms with Crippen LogP contribution in [-0.4, -0.2) is 41.1 Å². The first-order valence-electron chi connectivity index (χ1n) is 5.10. The Kier molecular flexibility index (Phi) is 4.70. The van der Waals surface area contributed by atoms with E-state index in [0.29, 0.717) is 5.33 Å². The van der Waals surface area contributed by atoms with Gasteiger partial charge in [0, 0.05) is 18.4 Å². The molecule has 1 N–H and O–H groups in total. The molecule has 0 bridgehead atoms. The van der Waals surface area contributed by atoms with Crippen molar-refractivity contribution in [1.82, 2.24) is 4.90 Å². The molecule has 0 aromatic heterocycles. The maximum atomic E-state index is 9.45. The zero-order chi connectivity index (χ0) is 9.84. The zero-order valence-electron chi connectivity index (χ0n) is 8.54. The van der Waals surface area contributed by atoms with Gasteiger partial charge in [0.15, 0.2) is 0 Å². The number of aliphatic hydroxyl groups excluding tert-OH is 1. The van der Waals surface area contributed by atoms with Crippen LogP contribution in [0.15, 0.2) is 0 Å². The van der Waals surface area contributed by atoms with Crippen molar-refractivity contribution in [3.8, 4) is 0 Å². The SMILES string of the molecule is CC(C)C1CCN(CC(O)CBr)C1. The summed E-state index contributed by atoms with van der Waals surface area (Å²) in [7, 11) is 0. The molecular weight excluding hydrogens is 230 g/mol. The number of halogens is 1. The molecule has 2 nitrogen and oxygen atoms in total. The first kappa shape index (κ1) is 11.5. The van der Waals surface area contributed by atoms with Gasteiger partial charge >= 0.3 is 0 Å². The Morgan fingerprint density at radius 3 is 2.69 bits per heavy atom. The Labute approximate surface area is 89.4 Å². The largest absolute Gasteiger partial charge is 0.391 e. The van der Waals surface area contributed by atoms with Gasteiger partial charge in [-0.3, -0.25) is 0 Å². The molecule has 13 heavy (non-hydrogen) atoms. The van der Waals surface area contributed by atoms with Crippen LogP contribution in [0.2, 0.25) is 0 Å². The summed E-state index contributed by atoms with van der Waals surface area (Å²) >= 11 is 3.29. The molecule has 0 aliphatic carbocycles. The topological polar surface area (TPSA) is 23.5 Å². The molecule has 2 atom stereocenters. The maximum absolute atomic E-state index is 9.45. The molecule has 1 aliphatic heterocycles. The number of hydrogen-bond donors (Lipinski definition) is 1. The molecule has 2 unspecified atom stereocenters. The summed E-state index contributed by atoms with van der Waals surface area (Å²) in [5.41, 5.74) is 0. The monoisotopic (exact) mass is 249 g/mol. The van der Waals surface area contributed by atoms with Gasteiger partial charge in [0.25, 0.3) is 0 Å². The minimum absolute atomic E-state index is 0.203. The van der Waals surface area contributed by atoms with E-state index in [1.54, 1.807) is 0 Å². The van der Waals surface area contributed by atoms with E-state index in [-0.39, 0.29) is 6.10 Å². The van der Waals surface area contributed by atoms with Crippen molar-refractivity contribution in [3.63, 3.8) is 0 Å². The van der Waals surface area contributed by atoms with E-state index in [2.05, 4.69) is 34.7 Å². The van der Waals surface area contributed by atoms with Crippen LogP contribution in [0.25, 0.3) is 0 Å². The van der Waals surface area contributed by atoms with Gasteiger partial charge < -0.3 is 10.0 Å². The summed E-state index contributed by atoms with van der Waals surface area (Å²) in [6.07, 6.45) is 1.10. The van der Waals surface area contributed by atoms with E-state index in [0.717, 1.165) is 24.9 Å². The Balaban J connectivity index is 2.25. The molecule has 1 fully saturated rings. The minimum Gasteiger partial charge on any atom is -0.391 e. The Morgan fingerprint density at radius 1 is 1.54 bits per heavy atom. The van der Waals surface area contributed by atoms with Gasteiger partial charge in [0.2, 0.25) is 0 Å². The molecule has 0 spiro atoms. The third kappa shape index (κ3) is 3.56. The van der Waals surface area contributed by atoms with Crippen molar-refractivity contribution in [2.75, 3.05) is 25.0 Å². The van der Waals surface area contributed by atoms with Crippen LogP contribution in [0.3, 0.4) is 0 Å². The van der Waals surface area contributed by atoms with Gasteiger partial charge in [0.1, 0.15) is 0 Å². The summed E-state index contributed by atoms with van der Waals surface area (Å²) in [4.78, 5) is 2.37. The lowest BCUT2D eigenvalue weighted by Gasteiger charge is -2.19. The fraction of sp³-hybridized carbons (Fsp3) is 1.00. The van der Waals surface area contributed by atoms with Crippen molar-refractivity contribution in [2.45, 2.75) is 26.4 Å². The summed E-state index contributed by atoms with van der Waals surface area (Å²) < 4.78 is 0. The summed E-state index contributed by atoms with van der Waals surface area (Å²) in [6, 6.07) is 0. The number of alkyl halides is 1. The molecule has 78 valence electrons. The average Bonchev–Trinajstić information content (AvgIpc) is 2.52. The fourth-order valence-corrected chi connectivity index (χ4v) is 2.12. The van der Waals surface area contributed by atoms with E-state index in [4.69, 9.17) is 0 Å². The van der Waals surface area contributed by atoms with Crippen LogP contribution in [0.5, 0.6) is 0 Å². The third-order valence-corrected chi connectivity index (χ3v) is 3.65. The Hall–Kier alpha value is 0.400. The van der Waals surface area contributed by atoms with Crippen LogP contribution < -0.4 is 0 Å². The highest BCUT2D eigenvalue weighted by Gasteiger charge is 2.25. The second-order valence-corrected chi connectivity index (χ2v) is 5.01. The number of likely N-dealkylation sites (tertiary alicyclic amines) is 1. The van der Waals surface area contributed by atoms with E-state index < -0.39 is 0 Å². The molecule has 0 amide bonds. The van der Waals surface area contributed by atoms with Gasteiger partial charge in [-0.1, -0.05) is 29.8 Å². The van der Waals surface area contributed by atoms with E-state index in [1.165, 1.54) is 13.0 Å². The van der Waals surface area contributed by atoms with Crippen molar-refractivity contribution < 1.29 is 5.11 Å². The molecule has 0 saturated carbocycles. The number of β-amino-alcohol motifs (C(OH)–C–C–N with tert-alkyl or cyclic N) is 1. The molecule has 0 radical (unpaired) electrons. The highest BCUT2D eigenvalue weighted by molar-refractivity contribution is 9.09. The molecular formula is C10H20BrNO. The van der Waals surface area contributed by atoms with E-state index in [9.17, 15) is 5.11 Å². The van der Waals surface area contributed by atoms with Gasteiger partial charge in [-0.15, -0.1) is 0 Å². The van der Waals surface area contributed by atoms with Gasteiger partial charge in [-0.25, -0.2) is 0 Å². The fourth-order valence-electron chi connectivity index (χ4n) is 1.92. The van der Waals surface area contributed by atoms with Crippen molar-refractivity contribution in [1.29, 1.82) is 0 Å². The average molecular weight is 250 g/mol. The second-order valence-electron chi connectivity index (χ2n) is 4.36. The van der Waals surface area contributed by atoms with E-state index >= 15 is 0 Å². The Bertz CT molecular complexity index is 152. The Morgan fingerprint density at radius 2 is 2.23 bits per heavy atom. The van der Waals surface area contributed by atoms with Gasteiger partial charge in [0.05, 0.1) is 6.10 Å². The molecule has 0 aromatic rings. The summed E-state index contributed by atoms with van der Waals surface area (Å²) in [5.74, 6) is 1.62. The van der Waals surface area contributed by atoms with Crippen molar-refractivity contribution in [2.24, 2.45) is 11.8 Å². The first-order chi connectivity index (χ1) is 6.13. The van der Waals surface area contributed by atoms with Crippen molar-refractivity contribution >= 4 is 15.9 Å². The molecule has 1 aliphatic rings. The highest BCUT2D eigenvalue weighted by Crippen LogP contribution is 2.23. The zero-order valence-corrected chi connectivity index (χ0v) is 10.1. The second kappa shape index (κ2) is 5.32. The normalized spacial score (nSPS) is 27.0. The molecule has 1 saturated heterocycles. The lowest BCUT2D eigenvalue weighted by Crippen LogP contribution is -2.31. The van der Waals surface area contributed by atoms with E-state index in [1.807, 2.05) is 0 Å². The van der Waals surface area contributed by atoms with Crippen LogP contribution in [-0.2, 0) is 0 Å².